The van der Waals surface area contributed by atoms with Crippen LogP contribution in [0.1, 0.15) is 31.4 Å². The van der Waals surface area contributed by atoms with Gasteiger partial charge in [0, 0.05) is 23.7 Å². The summed E-state index contributed by atoms with van der Waals surface area (Å²) in [5.74, 6) is 0.169. The third-order valence-corrected chi connectivity index (χ3v) is 5.79. The number of fused-ring (bicyclic) bond motifs is 2. The fourth-order valence-corrected chi connectivity index (χ4v) is 4.34. The van der Waals surface area contributed by atoms with Gasteiger partial charge in [0.1, 0.15) is 22.5 Å². The third-order valence-electron chi connectivity index (χ3n) is 5.79. The first-order valence-electron chi connectivity index (χ1n) is 9.77. The van der Waals surface area contributed by atoms with E-state index in [9.17, 15) is 5.11 Å². The molecule has 0 amide bonds. The molecule has 0 unspecified atom stereocenters. The van der Waals surface area contributed by atoms with Crippen LogP contribution in [0.2, 0.25) is 0 Å². The number of aromatic hydroxyl groups is 1. The van der Waals surface area contributed by atoms with E-state index in [1.807, 2.05) is 18.5 Å². The Hall–Kier alpha value is -2.93. The lowest BCUT2D eigenvalue weighted by Gasteiger charge is -2.30. The van der Waals surface area contributed by atoms with Gasteiger partial charge >= 0.3 is 0 Å². The van der Waals surface area contributed by atoms with Gasteiger partial charge < -0.3 is 19.0 Å². The molecule has 5 rings (SSSR count). The number of hydrogen-bond acceptors (Lipinski definition) is 6. The van der Waals surface area contributed by atoms with Crippen molar-refractivity contribution in [3.05, 3.63) is 36.4 Å². The molecule has 0 aliphatic carbocycles. The second kappa shape index (κ2) is 6.60. The van der Waals surface area contributed by atoms with E-state index in [1.54, 1.807) is 12.3 Å². The minimum atomic E-state index is 0.169. The highest BCUT2D eigenvalue weighted by molar-refractivity contribution is 5.93. The Labute approximate surface area is 162 Å². The largest absolute Gasteiger partial charge is 0.506 e. The number of phenols is 1. The zero-order valence-corrected chi connectivity index (χ0v) is 16.1. The lowest BCUT2D eigenvalue weighted by atomic mass is 10.0. The van der Waals surface area contributed by atoms with Crippen LogP contribution < -0.4 is 0 Å². The summed E-state index contributed by atoms with van der Waals surface area (Å²) in [6, 6.07) is 5.82. The summed E-state index contributed by atoms with van der Waals surface area (Å²) in [6.07, 6.45) is 6.52. The number of likely N-dealkylation sites (tertiary alicyclic amines) is 1. The van der Waals surface area contributed by atoms with Crippen molar-refractivity contribution >= 4 is 22.1 Å². The Kier molecular flexibility index (Phi) is 4.05. The number of nitrogens with zero attached hydrogens (tertiary/aromatic N) is 5. The molecule has 144 valence electrons. The molecule has 1 atom stereocenters. The zero-order valence-electron chi connectivity index (χ0n) is 16.1. The third kappa shape index (κ3) is 2.57. The second-order valence-electron chi connectivity index (χ2n) is 7.56. The average Bonchev–Trinajstić information content (AvgIpc) is 3.35. The number of piperidine rings is 1. The number of hydrogen-bond donors (Lipinski definition) is 1. The standard InChI is InChI=1S/C21H23N5O2/c1-3-14-18(16-6-7-17-15(20(16)27)8-10-28-17)23-24-21-19(14)22-12-26(21)13-5-4-9-25(2)11-13/h6-8,10,12-13,27H,3-5,9,11H2,1-2H3/t13-/m1/s1. The Bertz CT molecular complexity index is 1160. The quantitative estimate of drug-likeness (QED) is 0.585. The number of rotatable bonds is 3. The van der Waals surface area contributed by atoms with E-state index in [0.717, 1.165) is 42.7 Å². The molecule has 0 bridgehead atoms. The predicted octanol–water partition coefficient (Wildman–Crippen LogP) is 3.77. The van der Waals surface area contributed by atoms with Crippen molar-refractivity contribution < 1.29 is 9.52 Å². The van der Waals surface area contributed by atoms with Gasteiger partial charge in [-0.15, -0.1) is 10.2 Å². The van der Waals surface area contributed by atoms with Crippen molar-refractivity contribution in [2.24, 2.45) is 0 Å². The molecule has 7 nitrogen and oxygen atoms in total. The molecule has 4 aromatic rings. The Balaban J connectivity index is 1.65. The lowest BCUT2D eigenvalue weighted by Crippen LogP contribution is -2.33. The summed E-state index contributed by atoms with van der Waals surface area (Å²) < 4.78 is 7.55. The van der Waals surface area contributed by atoms with E-state index in [2.05, 4.69) is 33.6 Å². The van der Waals surface area contributed by atoms with E-state index in [-0.39, 0.29) is 5.75 Å². The van der Waals surface area contributed by atoms with Gasteiger partial charge in [0.25, 0.3) is 0 Å². The highest BCUT2D eigenvalue weighted by Gasteiger charge is 2.24. The summed E-state index contributed by atoms with van der Waals surface area (Å²) in [7, 11) is 2.15. The highest BCUT2D eigenvalue weighted by Crippen LogP contribution is 2.38. The van der Waals surface area contributed by atoms with Crippen LogP contribution in [0.15, 0.2) is 35.2 Å². The summed E-state index contributed by atoms with van der Waals surface area (Å²) >= 11 is 0. The number of aryl methyl sites for hydroxylation is 1. The van der Waals surface area contributed by atoms with E-state index in [1.165, 1.54) is 6.42 Å². The molecule has 28 heavy (non-hydrogen) atoms. The normalized spacial score (nSPS) is 18.3. The molecular weight excluding hydrogens is 354 g/mol. The molecule has 1 fully saturated rings. The average molecular weight is 377 g/mol. The molecule has 1 saturated heterocycles. The van der Waals surface area contributed by atoms with Gasteiger partial charge in [0.2, 0.25) is 0 Å². The van der Waals surface area contributed by atoms with Gasteiger partial charge in [-0.25, -0.2) is 4.98 Å². The monoisotopic (exact) mass is 377 g/mol. The molecule has 1 aliphatic heterocycles. The second-order valence-corrected chi connectivity index (χ2v) is 7.56. The van der Waals surface area contributed by atoms with Gasteiger partial charge in [-0.05, 0) is 51.1 Å². The first-order chi connectivity index (χ1) is 13.7. The van der Waals surface area contributed by atoms with Crippen molar-refractivity contribution in [3.63, 3.8) is 0 Å². The van der Waals surface area contributed by atoms with Crippen molar-refractivity contribution in [1.82, 2.24) is 24.6 Å². The van der Waals surface area contributed by atoms with Gasteiger partial charge in [-0.1, -0.05) is 6.92 Å². The lowest BCUT2D eigenvalue weighted by molar-refractivity contribution is 0.214. The molecule has 1 aliphatic rings. The summed E-state index contributed by atoms with van der Waals surface area (Å²) in [6.45, 7) is 4.21. The molecule has 3 aromatic heterocycles. The first-order valence-corrected chi connectivity index (χ1v) is 9.77. The number of imidazole rings is 1. The van der Waals surface area contributed by atoms with Crippen LogP contribution in [0, 0.1) is 0 Å². The molecular formula is C21H23N5O2. The van der Waals surface area contributed by atoms with E-state index >= 15 is 0 Å². The van der Waals surface area contributed by atoms with E-state index in [4.69, 9.17) is 9.40 Å². The van der Waals surface area contributed by atoms with Gasteiger partial charge in [-0.3, -0.25) is 0 Å². The van der Waals surface area contributed by atoms with Crippen LogP contribution in [0.3, 0.4) is 0 Å². The van der Waals surface area contributed by atoms with Crippen LogP contribution in [0.25, 0.3) is 33.4 Å². The van der Waals surface area contributed by atoms with Crippen LogP contribution in [-0.4, -0.2) is 49.9 Å². The maximum Gasteiger partial charge on any atom is 0.183 e. The summed E-state index contributed by atoms with van der Waals surface area (Å²) in [4.78, 5) is 7.05. The molecule has 0 saturated carbocycles. The molecule has 0 spiro atoms. The van der Waals surface area contributed by atoms with Gasteiger partial charge in [0.05, 0.1) is 18.0 Å². The van der Waals surface area contributed by atoms with E-state index in [0.29, 0.717) is 28.3 Å². The Morgan fingerprint density at radius 1 is 1.25 bits per heavy atom. The number of aromatic nitrogens is 4. The van der Waals surface area contributed by atoms with Crippen LogP contribution >= 0.6 is 0 Å². The van der Waals surface area contributed by atoms with Crippen molar-refractivity contribution in [2.75, 3.05) is 20.1 Å². The Morgan fingerprint density at radius 3 is 2.96 bits per heavy atom. The summed E-state index contributed by atoms with van der Waals surface area (Å²) in [5.41, 5.74) is 4.69. The van der Waals surface area contributed by atoms with Gasteiger partial charge in [-0.2, -0.15) is 0 Å². The van der Waals surface area contributed by atoms with Crippen molar-refractivity contribution in [2.45, 2.75) is 32.2 Å². The number of likely N-dealkylation sites (N-methyl/N-ethyl adjacent to an activating group) is 1. The molecule has 1 N–H and O–H groups in total. The topological polar surface area (TPSA) is 80.2 Å². The molecule has 4 heterocycles. The minimum absolute atomic E-state index is 0.169. The molecule has 7 heteroatoms. The number of phenolic OH excluding ortho intramolecular Hbond substituents is 1. The van der Waals surface area contributed by atoms with Crippen LogP contribution in [0.5, 0.6) is 5.75 Å². The van der Waals surface area contributed by atoms with Crippen LogP contribution in [0.4, 0.5) is 0 Å². The fourth-order valence-electron chi connectivity index (χ4n) is 4.34. The summed E-state index contributed by atoms with van der Waals surface area (Å²) in [5, 5.41) is 20.5. The van der Waals surface area contributed by atoms with Crippen molar-refractivity contribution in [1.29, 1.82) is 0 Å². The predicted molar refractivity (Wildman–Crippen MR) is 107 cm³/mol. The number of furan rings is 1. The maximum absolute atomic E-state index is 10.8. The van der Waals surface area contributed by atoms with E-state index < -0.39 is 0 Å². The first kappa shape index (κ1) is 17.2. The highest BCUT2D eigenvalue weighted by atomic mass is 16.3. The smallest absolute Gasteiger partial charge is 0.183 e. The molecule has 0 radical (unpaired) electrons. The number of benzene rings is 1. The fraction of sp³-hybridized carbons (Fsp3) is 0.381. The Morgan fingerprint density at radius 2 is 2.14 bits per heavy atom. The minimum Gasteiger partial charge on any atom is -0.506 e. The zero-order chi connectivity index (χ0) is 19.3. The molecule has 1 aromatic carbocycles. The maximum atomic E-state index is 10.8. The van der Waals surface area contributed by atoms with Crippen molar-refractivity contribution in [3.8, 4) is 17.0 Å². The van der Waals surface area contributed by atoms with Crippen LogP contribution in [-0.2, 0) is 6.42 Å². The van der Waals surface area contributed by atoms with Gasteiger partial charge in [0.15, 0.2) is 5.65 Å². The SMILES string of the molecule is CCc1c(-c2ccc3occc3c2O)nnc2c1ncn2[C@@H]1CCCN(C)C1.